The van der Waals surface area contributed by atoms with Gasteiger partial charge in [0.05, 0.1) is 54.4 Å². The molecule has 6 heteroatoms. The quantitative estimate of drug-likeness (QED) is 0.679. The van der Waals surface area contributed by atoms with Crippen LogP contribution < -0.4 is 0 Å². The first-order chi connectivity index (χ1) is 15.1. The van der Waals surface area contributed by atoms with Crippen LogP contribution in [0, 0.1) is 27.6 Å². The molecule has 0 bridgehead atoms. The highest BCUT2D eigenvalue weighted by molar-refractivity contribution is 5.98. The number of hydrogen-bond donors (Lipinski definition) is 1. The molecule has 1 aromatic rings. The van der Waals surface area contributed by atoms with Gasteiger partial charge in [-0.3, -0.25) is 4.79 Å². The highest BCUT2D eigenvalue weighted by Gasteiger charge is 2.99. The van der Waals surface area contributed by atoms with Gasteiger partial charge in [-0.25, -0.2) is 0 Å². The Bertz CT molecular complexity index is 1110. The minimum Gasteiger partial charge on any atom is -0.472 e. The SMILES string of the molecule is C[C@@]12[C@@H](O)[C@H]3OC[C@@]4(C)C=CC(=O)[C@@](C)([C@@H]34)[C@@]13O[C@H]3C[C@@]1(C)[C@H](c3ccoc3)C[C@H]3O[C@@]321. The van der Waals surface area contributed by atoms with Gasteiger partial charge in [-0.05, 0) is 43.4 Å². The third-order valence-electron chi connectivity index (χ3n) is 11.7. The normalized spacial score (nSPS) is 65.0. The van der Waals surface area contributed by atoms with Gasteiger partial charge in [-0.15, -0.1) is 0 Å². The molecule has 170 valence electrons. The van der Waals surface area contributed by atoms with Crippen molar-refractivity contribution in [3.63, 3.8) is 0 Å². The van der Waals surface area contributed by atoms with Crippen LogP contribution in [0.15, 0.2) is 35.2 Å². The van der Waals surface area contributed by atoms with E-state index in [2.05, 4.69) is 33.8 Å². The van der Waals surface area contributed by atoms with Crippen molar-refractivity contribution in [2.75, 3.05) is 6.61 Å². The van der Waals surface area contributed by atoms with Crippen LogP contribution in [-0.2, 0) is 19.0 Å². The Morgan fingerprint density at radius 1 is 1.09 bits per heavy atom. The van der Waals surface area contributed by atoms with E-state index in [1.807, 2.05) is 12.3 Å². The molecular weight excluding hydrogens is 408 g/mol. The predicted molar refractivity (Wildman–Crippen MR) is 112 cm³/mol. The largest absolute Gasteiger partial charge is 0.472 e. The minimum atomic E-state index is -0.764. The van der Waals surface area contributed by atoms with Crippen LogP contribution in [0.2, 0.25) is 0 Å². The number of carbonyl (C=O) groups excluding carboxylic acids is 1. The van der Waals surface area contributed by atoms with E-state index in [1.165, 1.54) is 5.56 Å². The topological polar surface area (TPSA) is 84.7 Å². The molecule has 4 heterocycles. The maximum absolute atomic E-state index is 13.7. The highest BCUT2D eigenvalue weighted by Crippen LogP contribution is 2.88. The first-order valence-electron chi connectivity index (χ1n) is 12.0. The van der Waals surface area contributed by atoms with Gasteiger partial charge in [0.15, 0.2) is 5.78 Å². The van der Waals surface area contributed by atoms with Gasteiger partial charge in [0, 0.05) is 16.7 Å². The summed E-state index contributed by atoms with van der Waals surface area (Å²) in [5, 5.41) is 12.1. The molecule has 12 atom stereocenters. The number of ketones is 1. The summed E-state index contributed by atoms with van der Waals surface area (Å²) in [5.41, 5.74) is -2.10. The fraction of sp³-hybridized carbons (Fsp3) is 0.731. The number of allylic oxidation sites excluding steroid dienone is 1. The molecule has 8 rings (SSSR count). The van der Waals surface area contributed by atoms with Crippen molar-refractivity contribution in [3.05, 3.63) is 36.3 Å². The maximum Gasteiger partial charge on any atom is 0.164 e. The Kier molecular flexibility index (Phi) is 2.85. The Hall–Kier alpha value is -1.47. The average molecular weight is 439 g/mol. The number of aliphatic hydroxyl groups excluding tert-OH is 1. The number of hydrogen-bond acceptors (Lipinski definition) is 6. The number of furan rings is 1. The molecule has 6 nitrogen and oxygen atoms in total. The van der Waals surface area contributed by atoms with Crippen molar-refractivity contribution in [2.45, 2.75) is 82.1 Å². The maximum atomic E-state index is 13.7. The van der Waals surface area contributed by atoms with E-state index in [0.717, 1.165) is 12.8 Å². The second kappa shape index (κ2) is 4.83. The van der Waals surface area contributed by atoms with E-state index in [0.29, 0.717) is 6.61 Å². The lowest BCUT2D eigenvalue weighted by molar-refractivity contribution is -0.243. The summed E-state index contributed by atoms with van der Waals surface area (Å²) in [6.07, 6.45) is 7.86. The fourth-order valence-electron chi connectivity index (χ4n) is 10.5. The van der Waals surface area contributed by atoms with Crippen molar-refractivity contribution in [2.24, 2.45) is 27.6 Å². The highest BCUT2D eigenvalue weighted by atomic mass is 16.7. The second-order valence-electron chi connectivity index (χ2n) is 12.5. The minimum absolute atomic E-state index is 0.0382. The molecule has 6 fully saturated rings. The lowest BCUT2D eigenvalue weighted by Crippen LogP contribution is -2.78. The van der Waals surface area contributed by atoms with E-state index in [9.17, 15) is 9.90 Å². The van der Waals surface area contributed by atoms with Crippen LogP contribution in [0.3, 0.4) is 0 Å². The van der Waals surface area contributed by atoms with Crippen molar-refractivity contribution in [1.82, 2.24) is 0 Å². The number of ether oxygens (including phenoxy) is 3. The first kappa shape index (κ1) is 18.9. The van der Waals surface area contributed by atoms with Gasteiger partial charge in [0.1, 0.15) is 11.2 Å². The summed E-state index contributed by atoms with van der Waals surface area (Å²) in [6, 6.07) is 2.06. The molecule has 0 radical (unpaired) electrons. The first-order valence-corrected chi connectivity index (χ1v) is 12.0. The van der Waals surface area contributed by atoms with Gasteiger partial charge in [-0.1, -0.05) is 26.8 Å². The molecule has 4 aliphatic carbocycles. The van der Waals surface area contributed by atoms with Gasteiger partial charge >= 0.3 is 0 Å². The molecule has 32 heavy (non-hydrogen) atoms. The molecule has 0 aromatic carbocycles. The zero-order valence-electron chi connectivity index (χ0n) is 19.0. The lowest BCUT2D eigenvalue weighted by atomic mass is 9.35. The predicted octanol–water partition coefficient (Wildman–Crippen LogP) is 3.00. The molecule has 0 amide bonds. The molecule has 0 unspecified atom stereocenters. The summed E-state index contributed by atoms with van der Waals surface area (Å²) < 4.78 is 25.2. The molecule has 1 aromatic heterocycles. The Morgan fingerprint density at radius 2 is 1.88 bits per heavy atom. The number of carbonyl (C=O) groups is 1. The third-order valence-corrected chi connectivity index (χ3v) is 11.7. The summed E-state index contributed by atoms with van der Waals surface area (Å²) in [5.74, 6) is 0.274. The fourth-order valence-corrected chi connectivity index (χ4v) is 10.5. The van der Waals surface area contributed by atoms with E-state index < -0.39 is 34.2 Å². The molecule has 3 saturated heterocycles. The van der Waals surface area contributed by atoms with E-state index >= 15 is 0 Å². The second-order valence-corrected chi connectivity index (χ2v) is 12.5. The van der Waals surface area contributed by atoms with Gasteiger partial charge in [-0.2, -0.15) is 0 Å². The Balaban J connectivity index is 1.37. The van der Waals surface area contributed by atoms with Gasteiger partial charge in [0.2, 0.25) is 0 Å². The Labute approximate surface area is 187 Å². The number of epoxide rings is 2. The van der Waals surface area contributed by atoms with Crippen LogP contribution in [0.5, 0.6) is 0 Å². The van der Waals surface area contributed by atoms with Gasteiger partial charge in [0.25, 0.3) is 0 Å². The van der Waals surface area contributed by atoms with Crippen molar-refractivity contribution in [1.29, 1.82) is 0 Å². The van der Waals surface area contributed by atoms with E-state index in [4.69, 9.17) is 18.6 Å². The molecule has 3 saturated carbocycles. The third kappa shape index (κ3) is 1.44. The van der Waals surface area contributed by atoms with Crippen LogP contribution in [0.25, 0.3) is 0 Å². The van der Waals surface area contributed by atoms with Crippen molar-refractivity contribution in [3.8, 4) is 0 Å². The standard InChI is InChI=1S/C26H30O6/c1-21-7-5-15(27)23(3)19(21)18(30-12-21)20(28)24(4)25-16(31-25)9-14(13-6-8-29-11-13)22(25,2)10-17-26(23,24)32-17/h5-8,11,14,16-20,28H,9-10,12H2,1-4H3/t14-,16+,17-,18-,19-,20-,21+,22-,23-,24-,25+,26+/m0/s1. The molecule has 2 spiro atoms. The summed E-state index contributed by atoms with van der Waals surface area (Å²) in [4.78, 5) is 13.7. The zero-order chi connectivity index (χ0) is 22.1. The molecular formula is C26H30O6. The smallest absolute Gasteiger partial charge is 0.164 e. The van der Waals surface area contributed by atoms with Gasteiger partial charge < -0.3 is 23.7 Å². The number of aliphatic hydroxyl groups is 1. The number of rotatable bonds is 1. The molecule has 7 aliphatic rings. The Morgan fingerprint density at radius 3 is 2.62 bits per heavy atom. The average Bonchev–Trinajstić information content (AvgIpc) is 3.48. The zero-order valence-corrected chi connectivity index (χ0v) is 19.0. The molecule has 1 N–H and O–H groups in total. The van der Waals surface area contributed by atoms with Crippen molar-refractivity contribution >= 4 is 5.78 Å². The van der Waals surface area contributed by atoms with E-state index in [-0.39, 0.29) is 40.7 Å². The summed E-state index contributed by atoms with van der Waals surface area (Å²) in [7, 11) is 0. The van der Waals surface area contributed by atoms with Crippen LogP contribution >= 0.6 is 0 Å². The molecule has 3 aliphatic heterocycles. The van der Waals surface area contributed by atoms with Crippen LogP contribution in [-0.4, -0.2) is 53.1 Å². The van der Waals surface area contributed by atoms with Crippen LogP contribution in [0.4, 0.5) is 0 Å². The lowest BCUT2D eigenvalue weighted by Gasteiger charge is -2.65. The monoisotopic (exact) mass is 438 g/mol. The summed E-state index contributed by atoms with van der Waals surface area (Å²) in [6.45, 7) is 9.21. The summed E-state index contributed by atoms with van der Waals surface area (Å²) >= 11 is 0. The van der Waals surface area contributed by atoms with Crippen LogP contribution in [0.1, 0.15) is 52.0 Å². The van der Waals surface area contributed by atoms with Crippen molar-refractivity contribution < 1.29 is 28.5 Å². The van der Waals surface area contributed by atoms with E-state index in [1.54, 1.807) is 12.3 Å².